The van der Waals surface area contributed by atoms with Gasteiger partial charge in [0.05, 0.1) is 12.1 Å². The molecule has 0 aliphatic carbocycles. The van der Waals surface area contributed by atoms with Gasteiger partial charge in [0.15, 0.2) is 0 Å². The Balaban J connectivity index is 0.000000861. The third kappa shape index (κ3) is 4.66. The molecule has 2 nitrogen and oxygen atoms in total. The lowest BCUT2D eigenvalue weighted by Gasteiger charge is -2.08. The topological polar surface area (TPSA) is 18.5 Å². The van der Waals surface area contributed by atoms with Crippen molar-refractivity contribution in [1.29, 1.82) is 0 Å². The first kappa shape index (κ1) is 15.7. The summed E-state index contributed by atoms with van der Waals surface area (Å²) >= 11 is 11.9. The summed E-state index contributed by atoms with van der Waals surface area (Å²) in [7, 11) is 1.57. The Morgan fingerprint density at radius 3 is 2.16 bits per heavy atom. The minimum Gasteiger partial charge on any atom is -0.495 e. The predicted molar refractivity (Wildman–Crippen MR) is 80.9 cm³/mol. The SMILES string of the molecule is CC.COc1ccc(Oc2cccc(Cl)c2)cc1Cl. The van der Waals surface area contributed by atoms with Gasteiger partial charge in [-0.25, -0.2) is 0 Å². The Morgan fingerprint density at radius 1 is 0.895 bits per heavy atom. The number of halogens is 2. The lowest BCUT2D eigenvalue weighted by Crippen LogP contribution is -1.87. The van der Waals surface area contributed by atoms with Crippen LogP contribution in [0.1, 0.15) is 13.8 Å². The van der Waals surface area contributed by atoms with Gasteiger partial charge in [0, 0.05) is 11.1 Å². The summed E-state index contributed by atoms with van der Waals surface area (Å²) in [6.07, 6.45) is 0. The van der Waals surface area contributed by atoms with E-state index < -0.39 is 0 Å². The van der Waals surface area contributed by atoms with Crippen LogP contribution in [0.2, 0.25) is 10.0 Å². The first-order valence-corrected chi connectivity index (χ1v) is 6.71. The van der Waals surface area contributed by atoms with Crippen molar-refractivity contribution in [3.63, 3.8) is 0 Å². The number of methoxy groups -OCH3 is 1. The van der Waals surface area contributed by atoms with Crippen molar-refractivity contribution >= 4 is 23.2 Å². The summed E-state index contributed by atoms with van der Waals surface area (Å²) in [5.41, 5.74) is 0. The average molecular weight is 299 g/mol. The minimum absolute atomic E-state index is 0.507. The lowest BCUT2D eigenvalue weighted by molar-refractivity contribution is 0.413. The number of benzene rings is 2. The molecular formula is C15H16Cl2O2. The lowest BCUT2D eigenvalue weighted by atomic mass is 10.3. The third-order valence-corrected chi connectivity index (χ3v) is 2.69. The fourth-order valence-electron chi connectivity index (χ4n) is 1.38. The summed E-state index contributed by atoms with van der Waals surface area (Å²) in [5.74, 6) is 1.92. The third-order valence-electron chi connectivity index (χ3n) is 2.16. The highest BCUT2D eigenvalue weighted by atomic mass is 35.5. The molecule has 0 aliphatic heterocycles. The Labute approximate surface area is 123 Å². The van der Waals surface area contributed by atoms with Crippen molar-refractivity contribution in [2.75, 3.05) is 7.11 Å². The van der Waals surface area contributed by atoms with Gasteiger partial charge < -0.3 is 9.47 Å². The minimum atomic E-state index is 0.507. The molecule has 0 atom stereocenters. The fraction of sp³-hybridized carbons (Fsp3) is 0.200. The van der Waals surface area contributed by atoms with E-state index in [4.69, 9.17) is 32.7 Å². The van der Waals surface area contributed by atoms with Crippen LogP contribution >= 0.6 is 23.2 Å². The smallest absolute Gasteiger partial charge is 0.137 e. The van der Waals surface area contributed by atoms with Crippen LogP contribution in [0.15, 0.2) is 42.5 Å². The highest BCUT2D eigenvalue weighted by Gasteiger charge is 2.03. The zero-order valence-corrected chi connectivity index (χ0v) is 12.6. The van der Waals surface area contributed by atoms with E-state index in [-0.39, 0.29) is 0 Å². The van der Waals surface area contributed by atoms with Crippen molar-refractivity contribution in [3.05, 3.63) is 52.5 Å². The van der Waals surface area contributed by atoms with Crippen LogP contribution in [0.3, 0.4) is 0 Å². The van der Waals surface area contributed by atoms with E-state index in [1.807, 2.05) is 26.0 Å². The van der Waals surface area contributed by atoms with Crippen LogP contribution < -0.4 is 9.47 Å². The molecule has 0 aromatic heterocycles. The maximum Gasteiger partial charge on any atom is 0.137 e. The molecule has 0 aliphatic rings. The van der Waals surface area contributed by atoms with Gasteiger partial charge in [0.1, 0.15) is 17.2 Å². The molecule has 0 spiro atoms. The van der Waals surface area contributed by atoms with Crippen molar-refractivity contribution in [1.82, 2.24) is 0 Å². The molecule has 0 radical (unpaired) electrons. The molecule has 0 N–H and O–H groups in total. The van der Waals surface area contributed by atoms with E-state index in [1.165, 1.54) is 0 Å². The van der Waals surface area contributed by atoms with Gasteiger partial charge in [-0.05, 0) is 30.3 Å². The molecule has 0 saturated carbocycles. The van der Waals surface area contributed by atoms with E-state index in [9.17, 15) is 0 Å². The molecule has 0 unspecified atom stereocenters. The first-order valence-electron chi connectivity index (χ1n) is 5.96. The van der Waals surface area contributed by atoms with E-state index in [0.29, 0.717) is 27.3 Å². The summed E-state index contributed by atoms with van der Waals surface area (Å²) < 4.78 is 10.7. The molecule has 0 amide bonds. The van der Waals surface area contributed by atoms with Gasteiger partial charge >= 0.3 is 0 Å². The van der Waals surface area contributed by atoms with Crippen LogP contribution in [0.25, 0.3) is 0 Å². The molecule has 0 bridgehead atoms. The standard InChI is InChI=1S/C13H10Cl2O2.C2H6/c1-16-13-6-5-11(8-12(13)15)17-10-4-2-3-9(14)7-10;1-2/h2-8H,1H3;1-2H3. The maximum absolute atomic E-state index is 6.00. The fourth-order valence-corrected chi connectivity index (χ4v) is 1.81. The van der Waals surface area contributed by atoms with Crippen LogP contribution in [0.5, 0.6) is 17.2 Å². The van der Waals surface area contributed by atoms with E-state index in [0.717, 1.165) is 0 Å². The molecule has 0 fully saturated rings. The molecule has 2 rings (SSSR count). The molecule has 19 heavy (non-hydrogen) atoms. The number of rotatable bonds is 3. The second kappa shape index (κ2) is 7.93. The summed E-state index contributed by atoms with van der Waals surface area (Å²) in [4.78, 5) is 0. The van der Waals surface area contributed by atoms with Crippen LogP contribution in [0.4, 0.5) is 0 Å². The van der Waals surface area contributed by atoms with Crippen molar-refractivity contribution < 1.29 is 9.47 Å². The Bertz CT molecular complexity index is 527. The molecule has 102 valence electrons. The van der Waals surface area contributed by atoms with Gasteiger partial charge in [0.2, 0.25) is 0 Å². The highest BCUT2D eigenvalue weighted by molar-refractivity contribution is 6.32. The molecule has 0 saturated heterocycles. The second-order valence-corrected chi connectivity index (χ2v) is 4.20. The van der Waals surface area contributed by atoms with Crippen molar-refractivity contribution in [3.8, 4) is 17.2 Å². The number of hydrogen-bond donors (Lipinski definition) is 0. The molecule has 2 aromatic carbocycles. The Morgan fingerprint density at radius 2 is 1.58 bits per heavy atom. The monoisotopic (exact) mass is 298 g/mol. The van der Waals surface area contributed by atoms with Gasteiger partial charge in [-0.3, -0.25) is 0 Å². The Hall–Kier alpha value is -1.38. The van der Waals surface area contributed by atoms with Crippen LogP contribution in [-0.4, -0.2) is 7.11 Å². The normalized spacial score (nSPS) is 9.32. The molecule has 0 heterocycles. The molecule has 4 heteroatoms. The van der Waals surface area contributed by atoms with Crippen LogP contribution in [-0.2, 0) is 0 Å². The van der Waals surface area contributed by atoms with Gasteiger partial charge in [-0.2, -0.15) is 0 Å². The quantitative estimate of drug-likeness (QED) is 0.711. The largest absolute Gasteiger partial charge is 0.495 e. The summed E-state index contributed by atoms with van der Waals surface area (Å²) in [5, 5.41) is 1.13. The molecular weight excluding hydrogens is 283 g/mol. The van der Waals surface area contributed by atoms with Gasteiger partial charge in [0.25, 0.3) is 0 Å². The van der Waals surface area contributed by atoms with E-state index in [1.54, 1.807) is 37.4 Å². The zero-order chi connectivity index (χ0) is 14.3. The van der Waals surface area contributed by atoms with Gasteiger partial charge in [-0.1, -0.05) is 43.1 Å². The molecule has 2 aromatic rings. The maximum atomic E-state index is 6.00. The van der Waals surface area contributed by atoms with Crippen molar-refractivity contribution in [2.24, 2.45) is 0 Å². The predicted octanol–water partition coefficient (Wildman–Crippen LogP) is 5.82. The van der Waals surface area contributed by atoms with Gasteiger partial charge in [-0.15, -0.1) is 0 Å². The second-order valence-electron chi connectivity index (χ2n) is 3.36. The van der Waals surface area contributed by atoms with Crippen molar-refractivity contribution in [2.45, 2.75) is 13.8 Å². The number of ether oxygens (including phenoxy) is 2. The van der Waals surface area contributed by atoms with Crippen LogP contribution in [0, 0.1) is 0 Å². The zero-order valence-electron chi connectivity index (χ0n) is 11.1. The summed E-state index contributed by atoms with van der Waals surface area (Å²) in [6, 6.07) is 12.4. The Kier molecular flexibility index (Phi) is 6.54. The summed E-state index contributed by atoms with van der Waals surface area (Å²) in [6.45, 7) is 4.00. The highest BCUT2D eigenvalue weighted by Crippen LogP contribution is 2.31. The first-order chi connectivity index (χ1) is 9.19. The number of hydrogen-bond acceptors (Lipinski definition) is 2. The van der Waals surface area contributed by atoms with E-state index in [2.05, 4.69) is 0 Å². The average Bonchev–Trinajstić information content (AvgIpc) is 2.41. The van der Waals surface area contributed by atoms with E-state index >= 15 is 0 Å².